The molecule has 0 spiro atoms. The highest BCUT2D eigenvalue weighted by molar-refractivity contribution is 5.93. The summed E-state index contributed by atoms with van der Waals surface area (Å²) in [6.45, 7) is 0.517. The van der Waals surface area contributed by atoms with Gasteiger partial charge in [-0.2, -0.15) is 5.10 Å². The van der Waals surface area contributed by atoms with E-state index in [0.717, 1.165) is 5.82 Å². The number of rotatable bonds is 4. The Balaban J connectivity index is 1.81. The monoisotopic (exact) mass is 217 g/mol. The lowest BCUT2D eigenvalue weighted by atomic mass is 10.2. The Morgan fingerprint density at radius 3 is 3.12 bits per heavy atom. The van der Waals surface area contributed by atoms with Crippen LogP contribution in [-0.2, 0) is 6.42 Å². The number of amides is 1. The zero-order valence-corrected chi connectivity index (χ0v) is 8.55. The van der Waals surface area contributed by atoms with Crippen LogP contribution >= 0.6 is 0 Å². The molecule has 0 aliphatic rings. The first-order valence-corrected chi connectivity index (χ1v) is 4.89. The Morgan fingerprint density at radius 1 is 1.50 bits per heavy atom. The molecule has 0 aromatic carbocycles. The van der Waals surface area contributed by atoms with Gasteiger partial charge < -0.3 is 5.32 Å². The van der Waals surface area contributed by atoms with Crippen LogP contribution in [0.5, 0.6) is 0 Å². The number of carbonyl (C=O) groups excluding carboxylic acids is 1. The van der Waals surface area contributed by atoms with Gasteiger partial charge in [0.1, 0.15) is 12.2 Å². The fourth-order valence-corrected chi connectivity index (χ4v) is 1.24. The van der Waals surface area contributed by atoms with Crippen LogP contribution in [0.2, 0.25) is 0 Å². The third kappa shape index (κ3) is 2.63. The molecule has 2 heterocycles. The van der Waals surface area contributed by atoms with E-state index in [0.29, 0.717) is 18.5 Å². The number of aromatic amines is 1. The Labute approximate surface area is 92.1 Å². The molecule has 82 valence electrons. The van der Waals surface area contributed by atoms with Gasteiger partial charge >= 0.3 is 0 Å². The lowest BCUT2D eigenvalue weighted by molar-refractivity contribution is 0.0953. The molecule has 0 radical (unpaired) electrons. The molecular weight excluding hydrogens is 206 g/mol. The summed E-state index contributed by atoms with van der Waals surface area (Å²) in [5, 5.41) is 9.22. The molecule has 2 aromatic rings. The Bertz CT molecular complexity index is 439. The van der Waals surface area contributed by atoms with Crippen molar-refractivity contribution in [3.05, 3.63) is 42.2 Å². The van der Waals surface area contributed by atoms with Gasteiger partial charge in [-0.05, 0) is 12.1 Å². The van der Waals surface area contributed by atoms with Crippen LogP contribution in [-0.4, -0.2) is 32.6 Å². The van der Waals surface area contributed by atoms with E-state index in [1.54, 1.807) is 18.3 Å². The van der Waals surface area contributed by atoms with Crippen LogP contribution < -0.4 is 5.32 Å². The topological polar surface area (TPSA) is 83.6 Å². The van der Waals surface area contributed by atoms with Crippen LogP contribution in [0.4, 0.5) is 0 Å². The van der Waals surface area contributed by atoms with E-state index >= 15 is 0 Å². The highest BCUT2D eigenvalue weighted by atomic mass is 16.1. The van der Waals surface area contributed by atoms with Gasteiger partial charge in [0.25, 0.3) is 5.91 Å². The number of carbonyl (C=O) groups is 1. The number of H-pyrrole nitrogens is 1. The second-order valence-corrected chi connectivity index (χ2v) is 3.18. The molecule has 0 saturated carbocycles. The van der Waals surface area contributed by atoms with Gasteiger partial charge in [0, 0.05) is 25.4 Å². The minimum Gasteiger partial charge on any atom is -0.352 e. The number of aromatic nitrogens is 4. The Morgan fingerprint density at radius 2 is 2.44 bits per heavy atom. The highest BCUT2D eigenvalue weighted by Gasteiger charge is 2.04. The Hall–Kier alpha value is -2.24. The molecular formula is C10H11N5O. The summed E-state index contributed by atoms with van der Waals surface area (Å²) in [4.78, 5) is 19.4. The van der Waals surface area contributed by atoms with Gasteiger partial charge in [-0.3, -0.25) is 14.9 Å². The first kappa shape index (κ1) is 10.3. The predicted octanol–water partition coefficient (Wildman–Crippen LogP) is 0.172. The zero-order valence-electron chi connectivity index (χ0n) is 8.55. The molecule has 0 saturated heterocycles. The summed E-state index contributed by atoms with van der Waals surface area (Å²) < 4.78 is 0. The number of hydrogen-bond acceptors (Lipinski definition) is 4. The standard InChI is InChI=1S/C10H11N5O/c16-10(8-2-1-4-11-6-8)12-5-3-9-13-7-14-15-9/h1-2,4,6-7H,3,5H2,(H,12,16)(H,13,14,15). The molecule has 2 aromatic heterocycles. The molecule has 2 rings (SSSR count). The van der Waals surface area contributed by atoms with Gasteiger partial charge in [-0.25, -0.2) is 4.98 Å². The molecule has 0 fully saturated rings. The normalized spacial score (nSPS) is 10.0. The van der Waals surface area contributed by atoms with Crippen molar-refractivity contribution >= 4 is 5.91 Å². The fraction of sp³-hybridized carbons (Fsp3) is 0.200. The first-order chi connectivity index (χ1) is 7.86. The van der Waals surface area contributed by atoms with Gasteiger partial charge in [-0.15, -0.1) is 0 Å². The van der Waals surface area contributed by atoms with Gasteiger partial charge in [0.15, 0.2) is 0 Å². The average molecular weight is 217 g/mol. The Kier molecular flexibility index (Phi) is 3.22. The van der Waals surface area contributed by atoms with Crippen LogP contribution in [0, 0.1) is 0 Å². The number of nitrogens with zero attached hydrogens (tertiary/aromatic N) is 3. The second-order valence-electron chi connectivity index (χ2n) is 3.18. The molecule has 1 amide bonds. The molecule has 0 unspecified atom stereocenters. The minimum atomic E-state index is -0.132. The van der Waals surface area contributed by atoms with Crippen molar-refractivity contribution in [2.24, 2.45) is 0 Å². The summed E-state index contributed by atoms with van der Waals surface area (Å²) in [5.74, 6) is 0.624. The van der Waals surface area contributed by atoms with Crippen molar-refractivity contribution in [2.45, 2.75) is 6.42 Å². The highest BCUT2D eigenvalue weighted by Crippen LogP contribution is 1.95. The smallest absolute Gasteiger partial charge is 0.252 e. The third-order valence-electron chi connectivity index (χ3n) is 2.04. The van der Waals surface area contributed by atoms with Gasteiger partial charge in [0.2, 0.25) is 0 Å². The quantitative estimate of drug-likeness (QED) is 0.764. The van der Waals surface area contributed by atoms with E-state index in [4.69, 9.17) is 0 Å². The number of pyridine rings is 1. The molecule has 2 N–H and O–H groups in total. The van der Waals surface area contributed by atoms with E-state index in [2.05, 4.69) is 25.5 Å². The molecule has 0 atom stereocenters. The SMILES string of the molecule is O=C(NCCc1ncn[nH]1)c1cccnc1. The molecule has 6 nitrogen and oxygen atoms in total. The van der Waals surface area contributed by atoms with E-state index in [-0.39, 0.29) is 5.91 Å². The van der Waals surface area contributed by atoms with Gasteiger partial charge in [-0.1, -0.05) is 0 Å². The van der Waals surface area contributed by atoms with E-state index in [1.165, 1.54) is 12.5 Å². The largest absolute Gasteiger partial charge is 0.352 e. The minimum absolute atomic E-state index is 0.132. The summed E-state index contributed by atoms with van der Waals surface area (Å²) in [7, 11) is 0. The van der Waals surface area contributed by atoms with E-state index < -0.39 is 0 Å². The van der Waals surface area contributed by atoms with Crippen molar-refractivity contribution in [3.63, 3.8) is 0 Å². The second kappa shape index (κ2) is 5.01. The lowest BCUT2D eigenvalue weighted by Gasteiger charge is -2.02. The summed E-state index contributed by atoms with van der Waals surface area (Å²) in [5.41, 5.74) is 0.556. The molecule has 16 heavy (non-hydrogen) atoms. The molecule has 0 aliphatic heterocycles. The van der Waals surface area contributed by atoms with Crippen LogP contribution in [0.3, 0.4) is 0 Å². The van der Waals surface area contributed by atoms with Crippen LogP contribution in [0.15, 0.2) is 30.9 Å². The molecule has 0 aliphatic carbocycles. The van der Waals surface area contributed by atoms with Crippen LogP contribution in [0.1, 0.15) is 16.2 Å². The number of nitrogens with one attached hydrogen (secondary N) is 2. The van der Waals surface area contributed by atoms with Crippen molar-refractivity contribution in [3.8, 4) is 0 Å². The van der Waals surface area contributed by atoms with Crippen molar-refractivity contribution in [2.75, 3.05) is 6.54 Å². The summed E-state index contributed by atoms with van der Waals surface area (Å²) in [6, 6.07) is 3.45. The van der Waals surface area contributed by atoms with Crippen molar-refractivity contribution < 1.29 is 4.79 Å². The van der Waals surface area contributed by atoms with Crippen molar-refractivity contribution in [1.29, 1.82) is 0 Å². The maximum atomic E-state index is 11.6. The van der Waals surface area contributed by atoms with E-state index in [9.17, 15) is 4.79 Å². The summed E-state index contributed by atoms with van der Waals surface area (Å²) >= 11 is 0. The molecule has 0 bridgehead atoms. The van der Waals surface area contributed by atoms with Gasteiger partial charge in [0.05, 0.1) is 5.56 Å². The fourth-order valence-electron chi connectivity index (χ4n) is 1.24. The maximum Gasteiger partial charge on any atom is 0.252 e. The first-order valence-electron chi connectivity index (χ1n) is 4.89. The third-order valence-corrected chi connectivity index (χ3v) is 2.04. The molecule has 6 heteroatoms. The van der Waals surface area contributed by atoms with Crippen molar-refractivity contribution in [1.82, 2.24) is 25.5 Å². The zero-order chi connectivity index (χ0) is 11.2. The average Bonchev–Trinajstić information content (AvgIpc) is 2.83. The summed E-state index contributed by atoms with van der Waals surface area (Å²) in [6.07, 6.45) is 5.24. The van der Waals surface area contributed by atoms with Crippen LogP contribution in [0.25, 0.3) is 0 Å². The van der Waals surface area contributed by atoms with E-state index in [1.807, 2.05) is 0 Å². The lowest BCUT2D eigenvalue weighted by Crippen LogP contribution is -2.26. The number of hydrogen-bond donors (Lipinski definition) is 2. The predicted molar refractivity (Wildman–Crippen MR) is 56.7 cm³/mol. The maximum absolute atomic E-state index is 11.6.